The fraction of sp³-hybridized carbons (Fsp3) is 0.800. The number of hydrogen-bond donors (Lipinski definition) is 1. The largest absolute Gasteiger partial charge is 0.336 e. The van der Waals surface area contributed by atoms with E-state index in [1.807, 2.05) is 17.9 Å². The van der Waals surface area contributed by atoms with E-state index in [0.29, 0.717) is 5.92 Å². The van der Waals surface area contributed by atoms with Crippen LogP contribution < -0.4 is 5.32 Å². The summed E-state index contributed by atoms with van der Waals surface area (Å²) in [4.78, 5) is 14.4. The SMILES string of the molecule is CC/C=C(/C)C(=O)N(CC1CCCNC1)C(C)C. The van der Waals surface area contributed by atoms with Crippen LogP contribution in [0.4, 0.5) is 0 Å². The first-order valence-electron chi connectivity index (χ1n) is 7.24. The highest BCUT2D eigenvalue weighted by Gasteiger charge is 2.23. The lowest BCUT2D eigenvalue weighted by Crippen LogP contribution is -2.44. The van der Waals surface area contributed by atoms with Crippen molar-refractivity contribution in [3.05, 3.63) is 11.6 Å². The molecule has 1 aliphatic rings. The summed E-state index contributed by atoms with van der Waals surface area (Å²) in [6.07, 6.45) is 5.42. The highest BCUT2D eigenvalue weighted by molar-refractivity contribution is 5.93. The Hall–Kier alpha value is -0.830. The van der Waals surface area contributed by atoms with Gasteiger partial charge in [0.1, 0.15) is 0 Å². The van der Waals surface area contributed by atoms with E-state index in [1.54, 1.807) is 0 Å². The van der Waals surface area contributed by atoms with Gasteiger partial charge in [-0.05, 0) is 59.0 Å². The van der Waals surface area contributed by atoms with Crippen molar-refractivity contribution in [2.75, 3.05) is 19.6 Å². The fourth-order valence-electron chi connectivity index (χ4n) is 2.51. The monoisotopic (exact) mass is 252 g/mol. The molecule has 1 saturated heterocycles. The van der Waals surface area contributed by atoms with E-state index in [2.05, 4.69) is 26.1 Å². The maximum Gasteiger partial charge on any atom is 0.249 e. The summed E-state index contributed by atoms with van der Waals surface area (Å²) in [5, 5.41) is 3.42. The fourth-order valence-corrected chi connectivity index (χ4v) is 2.51. The number of piperidine rings is 1. The van der Waals surface area contributed by atoms with Gasteiger partial charge in [-0.25, -0.2) is 0 Å². The number of nitrogens with zero attached hydrogens (tertiary/aromatic N) is 1. The molecule has 0 aliphatic carbocycles. The van der Waals surface area contributed by atoms with E-state index in [4.69, 9.17) is 0 Å². The van der Waals surface area contributed by atoms with Crippen LogP contribution >= 0.6 is 0 Å². The second kappa shape index (κ2) is 7.57. The first-order chi connectivity index (χ1) is 8.56. The standard InChI is InChI=1S/C15H28N2O/c1-5-7-13(4)15(18)17(12(2)3)11-14-8-6-9-16-10-14/h7,12,14,16H,5-6,8-11H2,1-4H3/b13-7-. The molecule has 0 spiro atoms. The van der Waals surface area contributed by atoms with Gasteiger partial charge in [-0.1, -0.05) is 13.0 Å². The molecule has 1 atom stereocenters. The molecule has 104 valence electrons. The normalized spacial score (nSPS) is 21.2. The minimum absolute atomic E-state index is 0.206. The van der Waals surface area contributed by atoms with Gasteiger partial charge in [0.15, 0.2) is 0 Å². The van der Waals surface area contributed by atoms with Crippen molar-refractivity contribution in [2.24, 2.45) is 5.92 Å². The third kappa shape index (κ3) is 4.45. The Labute approximate surface area is 112 Å². The number of carbonyl (C=O) groups is 1. The molecule has 0 aromatic carbocycles. The third-order valence-electron chi connectivity index (χ3n) is 3.59. The van der Waals surface area contributed by atoms with Gasteiger partial charge < -0.3 is 10.2 Å². The van der Waals surface area contributed by atoms with Crippen molar-refractivity contribution < 1.29 is 4.79 Å². The van der Waals surface area contributed by atoms with Crippen LogP contribution in [0.15, 0.2) is 11.6 Å². The Kier molecular flexibility index (Phi) is 6.41. The lowest BCUT2D eigenvalue weighted by atomic mass is 9.98. The summed E-state index contributed by atoms with van der Waals surface area (Å²) >= 11 is 0. The molecule has 0 aromatic rings. The Morgan fingerprint density at radius 3 is 2.72 bits per heavy atom. The molecule has 1 heterocycles. The van der Waals surface area contributed by atoms with Crippen molar-refractivity contribution >= 4 is 5.91 Å². The summed E-state index contributed by atoms with van der Waals surface area (Å²) in [6.45, 7) is 11.3. The zero-order valence-electron chi connectivity index (χ0n) is 12.3. The molecule has 0 bridgehead atoms. The number of carbonyl (C=O) groups excluding carboxylic acids is 1. The van der Waals surface area contributed by atoms with E-state index in [0.717, 1.165) is 31.6 Å². The van der Waals surface area contributed by atoms with Crippen LogP contribution in [-0.2, 0) is 4.79 Å². The highest BCUT2D eigenvalue weighted by Crippen LogP contribution is 2.15. The minimum atomic E-state index is 0.206. The van der Waals surface area contributed by atoms with Gasteiger partial charge >= 0.3 is 0 Å². The molecular formula is C15H28N2O. The lowest BCUT2D eigenvalue weighted by Gasteiger charge is -2.33. The van der Waals surface area contributed by atoms with Crippen LogP contribution in [0, 0.1) is 5.92 Å². The number of nitrogens with one attached hydrogen (secondary N) is 1. The predicted octanol–water partition coefficient (Wildman–Crippen LogP) is 2.58. The molecule has 0 saturated carbocycles. The van der Waals surface area contributed by atoms with E-state index in [-0.39, 0.29) is 11.9 Å². The smallest absolute Gasteiger partial charge is 0.249 e. The van der Waals surface area contributed by atoms with Gasteiger partial charge in [0, 0.05) is 18.2 Å². The molecule has 1 N–H and O–H groups in total. The van der Waals surface area contributed by atoms with Crippen LogP contribution in [0.5, 0.6) is 0 Å². The van der Waals surface area contributed by atoms with Gasteiger partial charge in [0.05, 0.1) is 0 Å². The number of amides is 1. The van der Waals surface area contributed by atoms with Crippen molar-refractivity contribution in [1.29, 1.82) is 0 Å². The number of hydrogen-bond acceptors (Lipinski definition) is 2. The zero-order chi connectivity index (χ0) is 13.5. The molecule has 0 aromatic heterocycles. The Bertz CT molecular complexity index is 291. The summed E-state index contributed by atoms with van der Waals surface area (Å²) in [5.41, 5.74) is 0.884. The van der Waals surface area contributed by atoms with Crippen LogP contribution in [-0.4, -0.2) is 36.5 Å². The average molecular weight is 252 g/mol. The summed E-state index contributed by atoms with van der Waals surface area (Å²) in [7, 11) is 0. The molecule has 1 aliphatic heterocycles. The average Bonchev–Trinajstić information content (AvgIpc) is 2.36. The molecule has 3 heteroatoms. The van der Waals surface area contributed by atoms with Crippen molar-refractivity contribution in [3.8, 4) is 0 Å². The second-order valence-corrected chi connectivity index (χ2v) is 5.56. The molecule has 18 heavy (non-hydrogen) atoms. The van der Waals surface area contributed by atoms with Crippen LogP contribution in [0.1, 0.15) is 47.0 Å². The second-order valence-electron chi connectivity index (χ2n) is 5.56. The summed E-state index contributed by atoms with van der Waals surface area (Å²) in [5.74, 6) is 0.817. The molecule has 1 rings (SSSR count). The van der Waals surface area contributed by atoms with Gasteiger partial charge in [-0.15, -0.1) is 0 Å². The summed E-state index contributed by atoms with van der Waals surface area (Å²) < 4.78 is 0. The number of allylic oxidation sites excluding steroid dienone is 1. The van der Waals surface area contributed by atoms with E-state index in [9.17, 15) is 4.79 Å². The van der Waals surface area contributed by atoms with Crippen molar-refractivity contribution in [3.63, 3.8) is 0 Å². The maximum atomic E-state index is 12.4. The maximum absolute atomic E-state index is 12.4. The Morgan fingerprint density at radius 1 is 1.50 bits per heavy atom. The van der Waals surface area contributed by atoms with E-state index in [1.165, 1.54) is 12.8 Å². The van der Waals surface area contributed by atoms with Gasteiger partial charge in [0.2, 0.25) is 5.91 Å². The first kappa shape index (κ1) is 15.2. The first-order valence-corrected chi connectivity index (χ1v) is 7.24. The van der Waals surface area contributed by atoms with Crippen molar-refractivity contribution in [2.45, 2.75) is 53.0 Å². The highest BCUT2D eigenvalue weighted by atomic mass is 16.2. The van der Waals surface area contributed by atoms with Crippen LogP contribution in [0.25, 0.3) is 0 Å². The zero-order valence-corrected chi connectivity index (χ0v) is 12.3. The molecule has 1 amide bonds. The Morgan fingerprint density at radius 2 is 2.22 bits per heavy atom. The van der Waals surface area contributed by atoms with Gasteiger partial charge in [-0.3, -0.25) is 4.79 Å². The van der Waals surface area contributed by atoms with Gasteiger partial charge in [-0.2, -0.15) is 0 Å². The quantitative estimate of drug-likeness (QED) is 0.763. The molecule has 1 unspecified atom stereocenters. The van der Waals surface area contributed by atoms with E-state index >= 15 is 0 Å². The topological polar surface area (TPSA) is 32.3 Å². The molecular weight excluding hydrogens is 224 g/mol. The van der Waals surface area contributed by atoms with Gasteiger partial charge in [0.25, 0.3) is 0 Å². The third-order valence-corrected chi connectivity index (χ3v) is 3.59. The molecule has 3 nitrogen and oxygen atoms in total. The van der Waals surface area contributed by atoms with E-state index < -0.39 is 0 Å². The summed E-state index contributed by atoms with van der Waals surface area (Å²) in [6, 6.07) is 0.277. The van der Waals surface area contributed by atoms with Crippen LogP contribution in [0.3, 0.4) is 0 Å². The minimum Gasteiger partial charge on any atom is -0.336 e. The molecule has 0 radical (unpaired) electrons. The Balaban J connectivity index is 2.64. The number of rotatable bonds is 5. The van der Waals surface area contributed by atoms with Crippen molar-refractivity contribution in [1.82, 2.24) is 10.2 Å². The van der Waals surface area contributed by atoms with Crippen LogP contribution in [0.2, 0.25) is 0 Å². The predicted molar refractivity (Wildman–Crippen MR) is 76.5 cm³/mol. The lowest BCUT2D eigenvalue weighted by molar-refractivity contribution is -0.129. The molecule has 1 fully saturated rings.